The number of hydrogen-bond donors (Lipinski definition) is 0. The summed E-state index contributed by atoms with van der Waals surface area (Å²) in [5.74, 6) is -1.14. The van der Waals surface area contributed by atoms with E-state index in [0.717, 1.165) is 21.5 Å². The number of carbonyl (C=O) groups excluding carboxylic acids is 1. The molecular weight excluding hydrogens is 219 g/mol. The minimum atomic E-state index is -1.14. The molecule has 82 valence electrons. The first kappa shape index (κ1) is 12.7. The Hall–Kier alpha value is -1.75. The predicted molar refractivity (Wildman–Crippen MR) is 65.8 cm³/mol. The molecule has 0 atom stereocenters. The monoisotopic (exact) mass is 228 g/mol. The number of carboxylic acid groups (broad SMARTS) is 1. The van der Waals surface area contributed by atoms with Crippen LogP contribution >= 0.6 is 0 Å². The number of carbonyl (C=O) groups is 1. The summed E-state index contributed by atoms with van der Waals surface area (Å²) in [4.78, 5) is 10.8. The fourth-order valence-corrected chi connectivity index (χ4v) is 2.07. The van der Waals surface area contributed by atoms with E-state index in [2.05, 4.69) is 6.07 Å². The molecule has 0 radical (unpaired) electrons. The van der Waals surface area contributed by atoms with Crippen LogP contribution in [0.1, 0.15) is 10.4 Å². The van der Waals surface area contributed by atoms with Gasteiger partial charge in [0.2, 0.25) is 0 Å². The third kappa shape index (κ3) is 2.13. The second-order valence-corrected chi connectivity index (χ2v) is 4.05. The molecule has 0 saturated heterocycles. The van der Waals surface area contributed by atoms with Crippen LogP contribution < -0.4 is 24.0 Å². The van der Waals surface area contributed by atoms with Gasteiger partial charge in [0.15, 0.2) is 0 Å². The van der Waals surface area contributed by atoms with Crippen LogP contribution in [0.3, 0.4) is 0 Å². The van der Waals surface area contributed by atoms with Crippen molar-refractivity contribution in [2.45, 2.75) is 0 Å². The third-order valence-electron chi connectivity index (χ3n) is 2.94. The molecule has 0 N–H and O–H groups in total. The first-order valence-corrected chi connectivity index (χ1v) is 5.38. The number of hydrogen-bond acceptors (Lipinski definition) is 2. The van der Waals surface area contributed by atoms with E-state index in [0.29, 0.717) is 0 Å². The molecule has 0 bridgehead atoms. The molecule has 0 unspecified atom stereocenters. The number of aromatic carboxylic acids is 1. The van der Waals surface area contributed by atoms with Gasteiger partial charge in [-0.15, -0.1) is 0 Å². The molecule has 0 fully saturated rings. The smallest absolute Gasteiger partial charge is 0.545 e. The van der Waals surface area contributed by atoms with Crippen LogP contribution in [0.2, 0.25) is 0 Å². The van der Waals surface area contributed by atoms with E-state index in [1.165, 1.54) is 0 Å². The molecule has 3 aromatic carbocycles. The summed E-state index contributed by atoms with van der Waals surface area (Å²) in [5.41, 5.74) is 0.216. The first-order valence-electron chi connectivity index (χ1n) is 5.38. The van der Waals surface area contributed by atoms with E-state index < -0.39 is 5.97 Å². The molecular formula is C15H9LiO2. The quantitative estimate of drug-likeness (QED) is 0.410. The summed E-state index contributed by atoms with van der Waals surface area (Å²) in [6.45, 7) is 0. The molecule has 3 aromatic rings. The zero-order chi connectivity index (χ0) is 11.8. The van der Waals surface area contributed by atoms with Gasteiger partial charge in [0.05, 0.1) is 5.97 Å². The van der Waals surface area contributed by atoms with E-state index in [9.17, 15) is 9.90 Å². The number of rotatable bonds is 1. The van der Waals surface area contributed by atoms with E-state index >= 15 is 0 Å². The summed E-state index contributed by atoms with van der Waals surface area (Å²) in [5, 5.41) is 15.0. The second-order valence-electron chi connectivity index (χ2n) is 4.05. The molecule has 2 nitrogen and oxygen atoms in total. The van der Waals surface area contributed by atoms with Gasteiger partial charge in [-0.2, -0.15) is 0 Å². The van der Waals surface area contributed by atoms with Crippen LogP contribution in [0, 0.1) is 0 Å². The van der Waals surface area contributed by atoms with Gasteiger partial charge in [0.1, 0.15) is 0 Å². The topological polar surface area (TPSA) is 40.1 Å². The van der Waals surface area contributed by atoms with Crippen LogP contribution in [0.15, 0.2) is 54.6 Å². The van der Waals surface area contributed by atoms with Crippen molar-refractivity contribution in [1.82, 2.24) is 0 Å². The number of carboxylic acids is 1. The minimum Gasteiger partial charge on any atom is -0.545 e. The van der Waals surface area contributed by atoms with Gasteiger partial charge in [-0.3, -0.25) is 0 Å². The van der Waals surface area contributed by atoms with Crippen molar-refractivity contribution in [3.05, 3.63) is 60.2 Å². The van der Waals surface area contributed by atoms with Crippen molar-refractivity contribution < 1.29 is 28.8 Å². The van der Waals surface area contributed by atoms with Crippen LogP contribution in [0.4, 0.5) is 0 Å². The minimum absolute atomic E-state index is 0. The summed E-state index contributed by atoms with van der Waals surface area (Å²) in [7, 11) is 0. The molecule has 0 aliphatic heterocycles. The van der Waals surface area contributed by atoms with Gasteiger partial charge < -0.3 is 9.90 Å². The third-order valence-corrected chi connectivity index (χ3v) is 2.94. The molecule has 0 heterocycles. The normalized spacial score (nSPS) is 10.2. The summed E-state index contributed by atoms with van der Waals surface area (Å²) >= 11 is 0. The van der Waals surface area contributed by atoms with Gasteiger partial charge in [-0.05, 0) is 45.3 Å². The Kier molecular flexibility index (Phi) is 3.43. The van der Waals surface area contributed by atoms with Crippen molar-refractivity contribution >= 4 is 27.5 Å². The van der Waals surface area contributed by atoms with Crippen molar-refractivity contribution in [2.24, 2.45) is 0 Å². The molecule has 0 aromatic heterocycles. The molecule has 3 heteroatoms. The van der Waals surface area contributed by atoms with E-state index in [-0.39, 0.29) is 24.4 Å². The molecule has 18 heavy (non-hydrogen) atoms. The summed E-state index contributed by atoms with van der Waals surface area (Å²) < 4.78 is 0. The van der Waals surface area contributed by atoms with Crippen LogP contribution in [-0.4, -0.2) is 5.97 Å². The summed E-state index contributed by atoms with van der Waals surface area (Å²) in [6.07, 6.45) is 0. The Morgan fingerprint density at radius 3 is 1.94 bits per heavy atom. The fourth-order valence-electron chi connectivity index (χ4n) is 2.07. The molecule has 0 saturated carbocycles. The van der Waals surface area contributed by atoms with Crippen molar-refractivity contribution in [3.63, 3.8) is 0 Å². The Morgan fingerprint density at radius 2 is 1.33 bits per heavy atom. The molecule has 0 spiro atoms. The Morgan fingerprint density at radius 1 is 0.778 bits per heavy atom. The Labute approximate surface area is 116 Å². The largest absolute Gasteiger partial charge is 1.00 e. The van der Waals surface area contributed by atoms with E-state index in [4.69, 9.17) is 0 Å². The molecule has 0 amide bonds. The van der Waals surface area contributed by atoms with Gasteiger partial charge >= 0.3 is 18.9 Å². The zero-order valence-electron chi connectivity index (χ0n) is 10.0. The Bertz CT molecular complexity index is 735. The van der Waals surface area contributed by atoms with Gasteiger partial charge in [-0.1, -0.05) is 36.4 Å². The first-order chi connectivity index (χ1) is 8.24. The average molecular weight is 228 g/mol. The van der Waals surface area contributed by atoms with Crippen LogP contribution in [0.5, 0.6) is 0 Å². The standard InChI is InChI=1S/C15H10O2.Li/c16-15(17)13-6-5-12-7-10-3-1-2-4-11(10)8-14(12)9-13;/h1-9H,(H,16,17);/q;+1/p-1. The number of fused-ring (bicyclic) bond motifs is 2. The predicted octanol–water partition coefficient (Wildman–Crippen LogP) is -0.640. The SMILES string of the molecule is O=C([O-])c1ccc2cc3ccccc3cc2c1.[Li+]. The van der Waals surface area contributed by atoms with E-state index in [1.54, 1.807) is 12.1 Å². The molecule has 0 aliphatic carbocycles. The van der Waals surface area contributed by atoms with Gasteiger partial charge in [-0.25, -0.2) is 0 Å². The maximum absolute atomic E-state index is 10.8. The molecule has 3 rings (SSSR count). The summed E-state index contributed by atoms with van der Waals surface area (Å²) in [6, 6.07) is 17.1. The zero-order valence-corrected chi connectivity index (χ0v) is 10.0. The average Bonchev–Trinajstić information content (AvgIpc) is 2.35. The Balaban J connectivity index is 0.00000120. The van der Waals surface area contributed by atoms with Crippen molar-refractivity contribution in [3.8, 4) is 0 Å². The van der Waals surface area contributed by atoms with Gasteiger partial charge in [0.25, 0.3) is 0 Å². The molecule has 0 aliphatic rings. The van der Waals surface area contributed by atoms with Crippen LogP contribution in [-0.2, 0) is 0 Å². The second kappa shape index (κ2) is 4.86. The maximum atomic E-state index is 10.8. The van der Waals surface area contributed by atoms with Crippen molar-refractivity contribution in [1.29, 1.82) is 0 Å². The maximum Gasteiger partial charge on any atom is 1.00 e. The van der Waals surface area contributed by atoms with Crippen LogP contribution in [0.25, 0.3) is 21.5 Å². The van der Waals surface area contributed by atoms with Gasteiger partial charge in [0, 0.05) is 0 Å². The number of benzene rings is 3. The van der Waals surface area contributed by atoms with Crippen molar-refractivity contribution in [2.75, 3.05) is 0 Å². The fraction of sp³-hybridized carbons (Fsp3) is 0. The van der Waals surface area contributed by atoms with E-state index in [1.807, 2.05) is 36.4 Å².